The van der Waals surface area contributed by atoms with E-state index in [1.54, 1.807) is 5.01 Å². The predicted molar refractivity (Wildman–Crippen MR) is 71.3 cm³/mol. The maximum Gasteiger partial charge on any atom is 0.0542 e. The Morgan fingerprint density at radius 2 is 1.62 bits per heavy atom. The number of benzene rings is 1. The van der Waals surface area contributed by atoms with Gasteiger partial charge in [-0.25, -0.2) is 0 Å². The smallest absolute Gasteiger partial charge is 0.0542 e. The van der Waals surface area contributed by atoms with Crippen LogP contribution in [0.1, 0.15) is 19.4 Å². The van der Waals surface area contributed by atoms with Crippen LogP contribution in [0, 0.1) is 0 Å². The number of nitrogens with zero attached hydrogens (tertiary/aromatic N) is 3. The van der Waals surface area contributed by atoms with Crippen LogP contribution in [-0.4, -0.2) is 38.4 Å². The van der Waals surface area contributed by atoms with Gasteiger partial charge >= 0.3 is 0 Å². The van der Waals surface area contributed by atoms with Crippen LogP contribution in [0.2, 0.25) is 0 Å². The molecule has 3 heteroatoms. The Balaban J connectivity index is 2.74. The van der Waals surface area contributed by atoms with E-state index in [2.05, 4.69) is 48.1 Å². The molecule has 0 aromatic heterocycles. The van der Waals surface area contributed by atoms with Crippen molar-refractivity contribution in [2.24, 2.45) is 5.10 Å². The molecule has 0 saturated heterocycles. The molecular weight excluding hydrogens is 198 g/mol. The van der Waals surface area contributed by atoms with Gasteiger partial charge in [0.2, 0.25) is 0 Å². The summed E-state index contributed by atoms with van der Waals surface area (Å²) in [6.07, 6.45) is 1.87. The average Bonchev–Trinajstić information content (AvgIpc) is 2.29. The molecule has 1 aromatic carbocycles. The Bertz CT molecular complexity index is 324. The Kier molecular flexibility index (Phi) is 4.83. The van der Waals surface area contributed by atoms with Crippen molar-refractivity contribution in [3.05, 3.63) is 29.8 Å². The van der Waals surface area contributed by atoms with Gasteiger partial charge < -0.3 is 9.91 Å². The summed E-state index contributed by atoms with van der Waals surface area (Å²) in [5.74, 6) is 0. The minimum atomic E-state index is 1.04. The SMILES string of the molecule is CCN(CC)c1ccc(/C=N\N(C)C)cc1. The third-order valence-corrected chi connectivity index (χ3v) is 2.46. The summed E-state index contributed by atoms with van der Waals surface area (Å²) >= 11 is 0. The van der Waals surface area contributed by atoms with Crippen LogP contribution in [0.3, 0.4) is 0 Å². The highest BCUT2D eigenvalue weighted by Gasteiger charge is 2.00. The second-order valence-electron chi connectivity index (χ2n) is 3.86. The fraction of sp³-hybridized carbons (Fsp3) is 0.462. The first-order valence-electron chi connectivity index (χ1n) is 5.73. The molecule has 3 nitrogen and oxygen atoms in total. The van der Waals surface area contributed by atoms with Gasteiger partial charge in [-0.1, -0.05) is 12.1 Å². The number of hydrogen-bond acceptors (Lipinski definition) is 3. The first-order valence-corrected chi connectivity index (χ1v) is 5.73. The van der Waals surface area contributed by atoms with E-state index in [1.165, 1.54) is 5.69 Å². The van der Waals surface area contributed by atoms with E-state index in [-0.39, 0.29) is 0 Å². The Hall–Kier alpha value is -1.51. The molecule has 0 heterocycles. The lowest BCUT2D eigenvalue weighted by Gasteiger charge is -2.20. The first kappa shape index (κ1) is 12.6. The van der Waals surface area contributed by atoms with Crippen molar-refractivity contribution >= 4 is 11.9 Å². The van der Waals surface area contributed by atoms with E-state index in [1.807, 2.05) is 20.3 Å². The van der Waals surface area contributed by atoms with E-state index in [9.17, 15) is 0 Å². The molecule has 0 aliphatic heterocycles. The van der Waals surface area contributed by atoms with Gasteiger partial charge in [-0.15, -0.1) is 0 Å². The minimum Gasteiger partial charge on any atom is -0.372 e. The van der Waals surface area contributed by atoms with Crippen molar-refractivity contribution in [1.82, 2.24) is 5.01 Å². The van der Waals surface area contributed by atoms with Gasteiger partial charge in [0.15, 0.2) is 0 Å². The van der Waals surface area contributed by atoms with Crippen molar-refractivity contribution in [3.8, 4) is 0 Å². The molecule has 1 rings (SSSR count). The predicted octanol–water partition coefficient (Wildman–Crippen LogP) is 2.43. The summed E-state index contributed by atoms with van der Waals surface area (Å²) in [5, 5.41) is 5.99. The molecule has 0 aliphatic rings. The zero-order chi connectivity index (χ0) is 12.0. The number of anilines is 1. The van der Waals surface area contributed by atoms with E-state index >= 15 is 0 Å². The lowest BCUT2D eigenvalue weighted by Crippen LogP contribution is -2.21. The van der Waals surface area contributed by atoms with E-state index < -0.39 is 0 Å². The van der Waals surface area contributed by atoms with Gasteiger partial charge in [0.25, 0.3) is 0 Å². The lowest BCUT2D eigenvalue weighted by atomic mass is 10.2. The van der Waals surface area contributed by atoms with Crippen molar-refractivity contribution < 1.29 is 0 Å². The summed E-state index contributed by atoms with van der Waals surface area (Å²) in [6.45, 7) is 6.43. The molecule has 0 fully saturated rings. The van der Waals surface area contributed by atoms with Gasteiger partial charge in [0.05, 0.1) is 6.21 Å². The molecule has 0 aliphatic carbocycles. The summed E-state index contributed by atoms with van der Waals surface area (Å²) < 4.78 is 0. The van der Waals surface area contributed by atoms with Crippen molar-refractivity contribution in [1.29, 1.82) is 0 Å². The minimum absolute atomic E-state index is 1.04. The van der Waals surface area contributed by atoms with Gasteiger partial charge in [0.1, 0.15) is 0 Å². The zero-order valence-corrected chi connectivity index (χ0v) is 10.6. The Morgan fingerprint density at radius 3 is 2.06 bits per heavy atom. The van der Waals surface area contributed by atoms with Gasteiger partial charge in [0, 0.05) is 32.9 Å². The Morgan fingerprint density at radius 1 is 1.06 bits per heavy atom. The van der Waals surface area contributed by atoms with Crippen LogP contribution in [0.25, 0.3) is 0 Å². The molecule has 0 N–H and O–H groups in total. The number of rotatable bonds is 5. The molecule has 1 aromatic rings. The summed E-state index contributed by atoms with van der Waals surface area (Å²) in [6, 6.07) is 8.48. The molecule has 88 valence electrons. The fourth-order valence-electron chi connectivity index (χ4n) is 1.54. The topological polar surface area (TPSA) is 18.8 Å². The van der Waals surface area contributed by atoms with Crippen molar-refractivity contribution in [3.63, 3.8) is 0 Å². The maximum atomic E-state index is 4.20. The fourth-order valence-corrected chi connectivity index (χ4v) is 1.54. The molecule has 16 heavy (non-hydrogen) atoms. The normalized spacial score (nSPS) is 10.8. The maximum absolute atomic E-state index is 4.20. The first-order chi connectivity index (χ1) is 7.67. The number of hydrazone groups is 1. The van der Waals surface area contributed by atoms with E-state index in [4.69, 9.17) is 0 Å². The van der Waals surface area contributed by atoms with Gasteiger partial charge in [-0.2, -0.15) is 5.10 Å². The molecule has 0 saturated carbocycles. The second-order valence-corrected chi connectivity index (χ2v) is 3.86. The van der Waals surface area contributed by atoms with Crippen LogP contribution in [-0.2, 0) is 0 Å². The van der Waals surface area contributed by atoms with Crippen LogP contribution < -0.4 is 4.90 Å². The average molecular weight is 219 g/mol. The molecule has 0 atom stereocenters. The largest absolute Gasteiger partial charge is 0.372 e. The lowest BCUT2D eigenvalue weighted by molar-refractivity contribution is 0.440. The van der Waals surface area contributed by atoms with Gasteiger partial charge in [-0.3, -0.25) is 0 Å². The van der Waals surface area contributed by atoms with E-state index in [0.29, 0.717) is 0 Å². The molecule has 0 radical (unpaired) electrons. The van der Waals surface area contributed by atoms with Crippen LogP contribution >= 0.6 is 0 Å². The van der Waals surface area contributed by atoms with Crippen LogP contribution in [0.4, 0.5) is 5.69 Å². The van der Waals surface area contributed by atoms with Crippen LogP contribution in [0.15, 0.2) is 29.4 Å². The third kappa shape index (κ3) is 3.57. The highest BCUT2D eigenvalue weighted by atomic mass is 15.4. The monoisotopic (exact) mass is 219 g/mol. The molecule has 0 spiro atoms. The molecule has 0 bridgehead atoms. The highest BCUT2D eigenvalue weighted by Crippen LogP contribution is 2.13. The van der Waals surface area contributed by atoms with Crippen LogP contribution in [0.5, 0.6) is 0 Å². The summed E-state index contributed by atoms with van der Waals surface area (Å²) in [4.78, 5) is 2.33. The summed E-state index contributed by atoms with van der Waals surface area (Å²) in [5.41, 5.74) is 2.40. The second kappa shape index (κ2) is 6.16. The zero-order valence-electron chi connectivity index (χ0n) is 10.6. The molecule has 0 amide bonds. The van der Waals surface area contributed by atoms with Gasteiger partial charge in [-0.05, 0) is 31.5 Å². The van der Waals surface area contributed by atoms with Crippen molar-refractivity contribution in [2.45, 2.75) is 13.8 Å². The standard InChI is InChI=1S/C13H21N3/c1-5-16(6-2)13-9-7-12(8-10-13)11-14-15(3)4/h7-11H,5-6H2,1-4H3/b14-11-. The Labute approximate surface area is 98.4 Å². The van der Waals surface area contributed by atoms with Crippen molar-refractivity contribution in [2.75, 3.05) is 32.1 Å². The highest BCUT2D eigenvalue weighted by molar-refractivity contribution is 5.80. The molecular formula is C13H21N3. The third-order valence-electron chi connectivity index (χ3n) is 2.46. The quantitative estimate of drug-likeness (QED) is 0.559. The van der Waals surface area contributed by atoms with E-state index in [0.717, 1.165) is 18.7 Å². The number of hydrogen-bond donors (Lipinski definition) is 0. The molecule has 0 unspecified atom stereocenters. The summed E-state index contributed by atoms with van der Waals surface area (Å²) in [7, 11) is 3.83.